The summed E-state index contributed by atoms with van der Waals surface area (Å²) in [4.78, 5) is 12.6. The zero-order chi connectivity index (χ0) is 18.3. The maximum absolute atomic E-state index is 12.6. The van der Waals surface area contributed by atoms with Crippen molar-refractivity contribution in [3.63, 3.8) is 0 Å². The van der Waals surface area contributed by atoms with Crippen molar-refractivity contribution < 1.29 is 9.22 Å². The number of allylic oxidation sites excluding steroid dienone is 2. The van der Waals surface area contributed by atoms with Gasteiger partial charge in [0.05, 0.1) is 5.76 Å². The van der Waals surface area contributed by atoms with Gasteiger partial charge in [-0.2, -0.15) is 0 Å². The second-order valence-electron chi connectivity index (χ2n) is 9.45. The Hall–Kier alpha value is -1.01. The van der Waals surface area contributed by atoms with Gasteiger partial charge >= 0.3 is 0 Å². The van der Waals surface area contributed by atoms with Gasteiger partial charge in [-0.05, 0) is 54.3 Å². The molecule has 0 radical (unpaired) electrons. The smallest absolute Gasteiger partial charge is 0.250 e. The fourth-order valence-corrected chi connectivity index (χ4v) is 4.84. The molecule has 2 aliphatic rings. The van der Waals surface area contributed by atoms with Gasteiger partial charge in [-0.25, -0.2) is 0 Å². The zero-order valence-electron chi connectivity index (χ0n) is 16.7. The molecule has 0 spiro atoms. The second-order valence-corrected chi connectivity index (χ2v) is 14.2. The number of carbonyl (C=O) groups is 1. The molecular weight excluding hydrogens is 312 g/mol. The molecule has 0 unspecified atom stereocenters. The summed E-state index contributed by atoms with van der Waals surface area (Å²) in [6.45, 7) is 18.1. The summed E-state index contributed by atoms with van der Waals surface area (Å²) in [7, 11) is -1.88. The maximum atomic E-state index is 12.6. The van der Waals surface area contributed by atoms with Crippen LogP contribution in [0.1, 0.15) is 54.4 Å². The molecule has 2 bridgehead atoms. The van der Waals surface area contributed by atoms with Crippen molar-refractivity contribution in [3.05, 3.63) is 11.8 Å². The van der Waals surface area contributed by atoms with Gasteiger partial charge in [0.2, 0.25) is 14.1 Å². The highest BCUT2D eigenvalue weighted by atomic mass is 28.4. The normalized spacial score (nSPS) is 30.9. The summed E-state index contributed by atoms with van der Waals surface area (Å²) >= 11 is 0. The van der Waals surface area contributed by atoms with Crippen molar-refractivity contribution in [2.75, 3.05) is 0 Å². The van der Waals surface area contributed by atoms with Crippen LogP contribution in [0.15, 0.2) is 11.8 Å². The molecule has 0 saturated carbocycles. The highest BCUT2D eigenvalue weighted by Crippen LogP contribution is 2.47. The molecule has 0 aromatic heterocycles. The molecule has 0 amide bonds. The van der Waals surface area contributed by atoms with Crippen molar-refractivity contribution in [3.8, 4) is 11.8 Å². The standard InChI is InChI=1S/C21H34O2Si/c1-14(2)17-13-19(23-24(7,8)21(4,5)6)16-11-9-10-12-18(22)20(17)15(16)3/h13-17,20H,9,11H2,1-8H3/t15-,16-,17+,20+/m0/s1. The molecule has 24 heavy (non-hydrogen) atoms. The van der Waals surface area contributed by atoms with Crippen LogP contribution in [-0.4, -0.2) is 14.1 Å². The fraction of sp³-hybridized carbons (Fsp3) is 0.762. The summed E-state index contributed by atoms with van der Waals surface area (Å²) in [5.74, 6) is 8.58. The minimum atomic E-state index is -1.88. The van der Waals surface area contributed by atoms with Crippen LogP contribution < -0.4 is 0 Å². The molecule has 3 heteroatoms. The van der Waals surface area contributed by atoms with E-state index in [0.29, 0.717) is 17.8 Å². The lowest BCUT2D eigenvalue weighted by atomic mass is 9.64. The van der Waals surface area contributed by atoms with Crippen molar-refractivity contribution in [2.45, 2.75) is 72.5 Å². The Labute approximate surface area is 149 Å². The van der Waals surface area contributed by atoms with Gasteiger partial charge in [0.15, 0.2) is 0 Å². The largest absolute Gasteiger partial charge is 0.547 e. The Morgan fingerprint density at radius 2 is 1.92 bits per heavy atom. The number of fused-ring (bicyclic) bond motifs is 2. The number of carbonyl (C=O) groups excluding carboxylic acids is 1. The van der Waals surface area contributed by atoms with E-state index < -0.39 is 8.32 Å². The molecule has 0 aliphatic heterocycles. The first-order valence-electron chi connectivity index (χ1n) is 9.39. The summed E-state index contributed by atoms with van der Waals surface area (Å²) in [6.07, 6.45) is 4.09. The van der Waals surface area contributed by atoms with Gasteiger partial charge in [-0.1, -0.05) is 47.5 Å². The predicted octanol–water partition coefficient (Wildman–Crippen LogP) is 5.41. The van der Waals surface area contributed by atoms with E-state index >= 15 is 0 Å². The lowest BCUT2D eigenvalue weighted by molar-refractivity contribution is -0.122. The van der Waals surface area contributed by atoms with Gasteiger partial charge in [0, 0.05) is 18.3 Å². The van der Waals surface area contributed by atoms with Crippen LogP contribution >= 0.6 is 0 Å². The molecule has 0 fully saturated rings. The van der Waals surface area contributed by atoms with Gasteiger partial charge in [0.1, 0.15) is 0 Å². The van der Waals surface area contributed by atoms with Crippen LogP contribution in [0.2, 0.25) is 18.1 Å². The number of hydrogen-bond acceptors (Lipinski definition) is 2. The molecule has 2 rings (SSSR count). The summed E-state index contributed by atoms with van der Waals surface area (Å²) < 4.78 is 6.75. The molecule has 0 heterocycles. The van der Waals surface area contributed by atoms with E-state index in [9.17, 15) is 4.79 Å². The molecule has 0 aromatic carbocycles. The van der Waals surface area contributed by atoms with Crippen molar-refractivity contribution >= 4 is 14.1 Å². The van der Waals surface area contributed by atoms with E-state index in [1.54, 1.807) is 0 Å². The first kappa shape index (κ1) is 19.3. The van der Waals surface area contributed by atoms with Crippen LogP contribution in [0.25, 0.3) is 0 Å². The molecule has 2 nitrogen and oxygen atoms in total. The molecule has 0 N–H and O–H groups in total. The highest BCUT2D eigenvalue weighted by molar-refractivity contribution is 6.74. The van der Waals surface area contributed by atoms with E-state index in [-0.39, 0.29) is 22.7 Å². The molecule has 0 aromatic rings. The first-order chi connectivity index (χ1) is 11.0. The van der Waals surface area contributed by atoms with Gasteiger partial charge in [-0.3, -0.25) is 4.79 Å². The van der Waals surface area contributed by atoms with Crippen molar-refractivity contribution in [1.29, 1.82) is 0 Å². The van der Waals surface area contributed by atoms with Crippen molar-refractivity contribution in [1.82, 2.24) is 0 Å². The average molecular weight is 347 g/mol. The molecule has 2 aliphatic carbocycles. The lowest BCUT2D eigenvalue weighted by Crippen LogP contribution is -2.45. The number of hydrogen-bond donors (Lipinski definition) is 0. The Morgan fingerprint density at radius 3 is 2.46 bits per heavy atom. The predicted molar refractivity (Wildman–Crippen MR) is 103 cm³/mol. The van der Waals surface area contributed by atoms with E-state index in [1.165, 1.54) is 0 Å². The molecule has 0 saturated heterocycles. The number of Topliss-reactive ketones (excluding diaryl/α,β-unsaturated/α-hetero) is 1. The quantitative estimate of drug-likeness (QED) is 0.388. The topological polar surface area (TPSA) is 26.3 Å². The molecule has 4 atom stereocenters. The Morgan fingerprint density at radius 1 is 1.29 bits per heavy atom. The number of ketones is 1. The Balaban J connectivity index is 2.45. The Kier molecular flexibility index (Phi) is 5.40. The minimum Gasteiger partial charge on any atom is -0.547 e. The van der Waals surface area contributed by atoms with Crippen LogP contribution in [0.5, 0.6) is 0 Å². The van der Waals surface area contributed by atoms with Crippen molar-refractivity contribution in [2.24, 2.45) is 29.6 Å². The fourth-order valence-electron chi connectivity index (χ4n) is 3.72. The van der Waals surface area contributed by atoms with E-state index in [0.717, 1.165) is 18.6 Å². The SMILES string of the molecule is CC(C)[C@H]1C=C(O[Si](C)(C)C(C)(C)C)[C@H]2CCC#CC(=O)[C@@H]1[C@H]2C. The third-order valence-corrected chi connectivity index (χ3v) is 10.7. The summed E-state index contributed by atoms with van der Waals surface area (Å²) in [5, 5.41) is 0.179. The third-order valence-electron chi connectivity index (χ3n) is 6.38. The maximum Gasteiger partial charge on any atom is 0.250 e. The molecular formula is C21H34O2Si. The molecule has 134 valence electrons. The Bertz CT molecular complexity index is 583. The minimum absolute atomic E-state index is 0.0227. The third kappa shape index (κ3) is 3.64. The summed E-state index contributed by atoms with van der Waals surface area (Å²) in [5.41, 5.74) is 0. The lowest BCUT2D eigenvalue weighted by Gasteiger charge is -2.45. The number of rotatable bonds is 3. The van der Waals surface area contributed by atoms with E-state index in [1.807, 2.05) is 0 Å². The van der Waals surface area contributed by atoms with Crippen LogP contribution in [0, 0.1) is 41.4 Å². The van der Waals surface area contributed by atoms with Gasteiger partial charge in [-0.15, -0.1) is 0 Å². The monoisotopic (exact) mass is 346 g/mol. The van der Waals surface area contributed by atoms with Gasteiger partial charge < -0.3 is 4.43 Å². The van der Waals surface area contributed by atoms with E-state index in [2.05, 4.69) is 72.6 Å². The van der Waals surface area contributed by atoms with E-state index in [4.69, 9.17) is 4.43 Å². The first-order valence-corrected chi connectivity index (χ1v) is 12.3. The summed E-state index contributed by atoms with van der Waals surface area (Å²) in [6, 6.07) is 0. The van der Waals surface area contributed by atoms with Crippen LogP contribution in [-0.2, 0) is 9.22 Å². The zero-order valence-corrected chi connectivity index (χ0v) is 17.7. The van der Waals surface area contributed by atoms with Crippen LogP contribution in [0.3, 0.4) is 0 Å². The van der Waals surface area contributed by atoms with Crippen LogP contribution in [0.4, 0.5) is 0 Å². The average Bonchev–Trinajstić information content (AvgIpc) is 2.42. The highest BCUT2D eigenvalue weighted by Gasteiger charge is 2.46. The van der Waals surface area contributed by atoms with Gasteiger partial charge in [0.25, 0.3) is 0 Å². The second kappa shape index (κ2) is 6.71.